The van der Waals surface area contributed by atoms with Gasteiger partial charge in [0.15, 0.2) is 0 Å². The molecule has 5 heteroatoms. The lowest BCUT2D eigenvalue weighted by molar-refractivity contribution is -0.137. The molecule has 1 aliphatic rings. The molecule has 0 spiro atoms. The van der Waals surface area contributed by atoms with Crippen LogP contribution in [0.1, 0.15) is 36.3 Å². The number of aromatic amines is 1. The van der Waals surface area contributed by atoms with E-state index in [-0.39, 0.29) is 4.64 Å². The van der Waals surface area contributed by atoms with Gasteiger partial charge >= 0.3 is 6.18 Å². The number of aromatic nitrogens is 1. The van der Waals surface area contributed by atoms with Crippen molar-refractivity contribution >= 4 is 12.2 Å². The van der Waals surface area contributed by atoms with Gasteiger partial charge in [-0.05, 0) is 36.5 Å². The molecule has 3 rings (SSSR count). The molecule has 0 unspecified atom stereocenters. The van der Waals surface area contributed by atoms with E-state index in [1.165, 1.54) is 6.42 Å². The molecule has 0 radical (unpaired) electrons. The molecule has 0 amide bonds. The molecule has 1 saturated carbocycles. The van der Waals surface area contributed by atoms with Gasteiger partial charge in [0.2, 0.25) is 0 Å². The monoisotopic (exact) mass is 309 g/mol. The van der Waals surface area contributed by atoms with Gasteiger partial charge in [-0.15, -0.1) is 0 Å². The van der Waals surface area contributed by atoms with Gasteiger partial charge in [0.05, 0.1) is 5.56 Å². The number of pyridine rings is 1. The van der Waals surface area contributed by atoms with Gasteiger partial charge in [0, 0.05) is 11.3 Å². The zero-order chi connectivity index (χ0) is 15.0. The summed E-state index contributed by atoms with van der Waals surface area (Å²) in [5, 5.41) is 0. The Morgan fingerprint density at radius 3 is 2.43 bits per heavy atom. The largest absolute Gasteiger partial charge is 0.416 e. The standard InChI is InChI=1S/C16H14F3NS/c17-16(18,19)11-8-14(20-15(21)9-11)13-7-2-1-6-12(13)10-4-3-5-10/h1-2,6-10H,3-5H2,(H,20,21). The molecule has 1 heterocycles. The van der Waals surface area contributed by atoms with E-state index in [2.05, 4.69) is 4.98 Å². The molecule has 1 aliphatic carbocycles. The third-order valence-electron chi connectivity index (χ3n) is 3.97. The van der Waals surface area contributed by atoms with Gasteiger partial charge in [-0.2, -0.15) is 13.2 Å². The average molecular weight is 309 g/mol. The third-order valence-corrected chi connectivity index (χ3v) is 4.19. The minimum atomic E-state index is -4.39. The normalized spacial score (nSPS) is 15.8. The van der Waals surface area contributed by atoms with E-state index in [0.29, 0.717) is 11.6 Å². The predicted molar refractivity (Wildman–Crippen MR) is 78.7 cm³/mol. The van der Waals surface area contributed by atoms with Crippen molar-refractivity contribution in [1.82, 2.24) is 4.98 Å². The Hall–Kier alpha value is -1.62. The zero-order valence-corrected chi connectivity index (χ0v) is 12.0. The van der Waals surface area contributed by atoms with Crippen molar-refractivity contribution in [2.75, 3.05) is 0 Å². The minimum Gasteiger partial charge on any atom is -0.346 e. The molecular weight excluding hydrogens is 295 g/mol. The molecule has 1 aromatic carbocycles. The first-order valence-corrected chi connectivity index (χ1v) is 7.27. The van der Waals surface area contributed by atoms with Crippen LogP contribution in [0.4, 0.5) is 13.2 Å². The summed E-state index contributed by atoms with van der Waals surface area (Å²) in [6, 6.07) is 9.73. The number of nitrogens with one attached hydrogen (secondary N) is 1. The lowest BCUT2D eigenvalue weighted by Crippen LogP contribution is -2.11. The van der Waals surface area contributed by atoms with Crippen molar-refractivity contribution in [3.8, 4) is 11.3 Å². The quantitative estimate of drug-likeness (QED) is 0.704. The second-order valence-corrected chi connectivity index (χ2v) is 5.80. The van der Waals surface area contributed by atoms with Gasteiger partial charge in [0.25, 0.3) is 0 Å². The van der Waals surface area contributed by atoms with Crippen LogP contribution in [0, 0.1) is 4.64 Å². The Kier molecular flexibility index (Phi) is 3.61. The first-order valence-electron chi connectivity index (χ1n) is 6.86. The Morgan fingerprint density at radius 1 is 1.10 bits per heavy atom. The summed E-state index contributed by atoms with van der Waals surface area (Å²) >= 11 is 4.95. The summed E-state index contributed by atoms with van der Waals surface area (Å²) in [5.74, 6) is 0.442. The Morgan fingerprint density at radius 2 is 1.81 bits per heavy atom. The third kappa shape index (κ3) is 2.88. The van der Waals surface area contributed by atoms with Crippen molar-refractivity contribution in [1.29, 1.82) is 0 Å². The minimum absolute atomic E-state index is 0.100. The van der Waals surface area contributed by atoms with Crippen molar-refractivity contribution in [3.05, 3.63) is 52.2 Å². The fraction of sp³-hybridized carbons (Fsp3) is 0.312. The second kappa shape index (κ2) is 5.30. The van der Waals surface area contributed by atoms with Crippen molar-refractivity contribution in [2.24, 2.45) is 0 Å². The Bertz CT molecular complexity index is 714. The molecule has 1 N–H and O–H groups in total. The highest BCUT2D eigenvalue weighted by Gasteiger charge is 2.31. The van der Waals surface area contributed by atoms with Crippen LogP contribution in [0.3, 0.4) is 0 Å². The molecule has 0 aliphatic heterocycles. The molecule has 1 nitrogen and oxygen atoms in total. The van der Waals surface area contributed by atoms with Crippen LogP contribution in [-0.2, 0) is 6.18 Å². The van der Waals surface area contributed by atoms with Crippen LogP contribution in [-0.4, -0.2) is 4.98 Å². The summed E-state index contributed by atoms with van der Waals surface area (Å²) in [7, 11) is 0. The van der Waals surface area contributed by atoms with E-state index < -0.39 is 11.7 Å². The molecule has 0 saturated heterocycles. The second-order valence-electron chi connectivity index (χ2n) is 5.36. The first-order chi connectivity index (χ1) is 9.95. The van der Waals surface area contributed by atoms with Crippen molar-refractivity contribution in [3.63, 3.8) is 0 Å². The summed E-state index contributed by atoms with van der Waals surface area (Å²) in [6.07, 6.45) is -1.02. The van der Waals surface area contributed by atoms with Crippen LogP contribution in [0.2, 0.25) is 0 Å². The van der Waals surface area contributed by atoms with Crippen LogP contribution >= 0.6 is 12.2 Å². The van der Waals surface area contributed by atoms with Crippen LogP contribution < -0.4 is 0 Å². The highest BCUT2D eigenvalue weighted by Crippen LogP contribution is 2.41. The molecule has 1 fully saturated rings. The van der Waals surface area contributed by atoms with E-state index >= 15 is 0 Å². The van der Waals surface area contributed by atoms with E-state index in [4.69, 9.17) is 12.2 Å². The van der Waals surface area contributed by atoms with Crippen molar-refractivity contribution < 1.29 is 13.2 Å². The van der Waals surface area contributed by atoms with Gasteiger partial charge in [-0.1, -0.05) is 42.9 Å². The maximum Gasteiger partial charge on any atom is 0.416 e. The predicted octanol–water partition coefficient (Wildman–Crippen LogP) is 5.70. The van der Waals surface area contributed by atoms with Crippen LogP contribution in [0.5, 0.6) is 0 Å². The number of H-pyrrole nitrogens is 1. The first kappa shape index (κ1) is 14.3. The number of rotatable bonds is 2. The zero-order valence-electron chi connectivity index (χ0n) is 11.2. The molecule has 110 valence electrons. The smallest absolute Gasteiger partial charge is 0.346 e. The molecule has 0 atom stereocenters. The number of hydrogen-bond donors (Lipinski definition) is 1. The maximum atomic E-state index is 12.9. The van der Waals surface area contributed by atoms with Crippen LogP contribution in [0.15, 0.2) is 36.4 Å². The lowest BCUT2D eigenvalue weighted by Gasteiger charge is -2.28. The van der Waals surface area contributed by atoms with Crippen LogP contribution in [0.25, 0.3) is 11.3 Å². The highest BCUT2D eigenvalue weighted by atomic mass is 32.1. The van der Waals surface area contributed by atoms with Gasteiger partial charge in [0.1, 0.15) is 4.64 Å². The summed E-state index contributed by atoms with van der Waals surface area (Å²) in [6.45, 7) is 0. The van der Waals surface area contributed by atoms with Gasteiger partial charge in [-0.25, -0.2) is 0 Å². The van der Waals surface area contributed by atoms with E-state index in [9.17, 15) is 13.2 Å². The average Bonchev–Trinajstić information content (AvgIpc) is 2.35. The fourth-order valence-corrected chi connectivity index (χ4v) is 2.91. The van der Waals surface area contributed by atoms with E-state index in [1.54, 1.807) is 0 Å². The number of alkyl halides is 3. The SMILES string of the molecule is FC(F)(F)c1cc(-c2ccccc2C2CCC2)[nH]c(=S)c1. The Balaban J connectivity index is 2.13. The summed E-state index contributed by atoms with van der Waals surface area (Å²) in [4.78, 5) is 2.89. The molecule has 0 bridgehead atoms. The fourth-order valence-electron chi connectivity index (χ4n) is 2.67. The molecule has 21 heavy (non-hydrogen) atoms. The number of halogens is 3. The number of benzene rings is 1. The Labute approximate surface area is 125 Å². The van der Waals surface area contributed by atoms with Crippen molar-refractivity contribution in [2.45, 2.75) is 31.4 Å². The molecular formula is C16H14F3NS. The van der Waals surface area contributed by atoms with Gasteiger partial charge in [-0.3, -0.25) is 0 Å². The summed E-state index contributed by atoms with van der Waals surface area (Å²) < 4.78 is 38.9. The highest BCUT2D eigenvalue weighted by molar-refractivity contribution is 7.71. The van der Waals surface area contributed by atoms with E-state index in [0.717, 1.165) is 36.1 Å². The number of hydrogen-bond acceptors (Lipinski definition) is 1. The molecule has 2 aromatic rings. The maximum absolute atomic E-state index is 12.9. The lowest BCUT2D eigenvalue weighted by atomic mass is 9.77. The summed E-state index contributed by atoms with van der Waals surface area (Å²) in [5.41, 5.74) is 1.66. The van der Waals surface area contributed by atoms with E-state index in [1.807, 2.05) is 24.3 Å². The topological polar surface area (TPSA) is 15.8 Å². The van der Waals surface area contributed by atoms with Gasteiger partial charge < -0.3 is 4.98 Å². The molecule has 1 aromatic heterocycles.